The highest BCUT2D eigenvalue weighted by atomic mass is 19.1. The summed E-state index contributed by atoms with van der Waals surface area (Å²) in [6.45, 7) is 7.32. The molecule has 0 unspecified atom stereocenters. The third kappa shape index (κ3) is 3.77. The highest BCUT2D eigenvalue weighted by molar-refractivity contribution is 6.30. The van der Waals surface area contributed by atoms with Gasteiger partial charge in [-0.25, -0.2) is 4.39 Å². The fourth-order valence-corrected chi connectivity index (χ4v) is 2.88. The van der Waals surface area contributed by atoms with Gasteiger partial charge in [0, 0.05) is 18.0 Å². The van der Waals surface area contributed by atoms with E-state index in [1.165, 1.54) is 6.07 Å². The highest BCUT2D eigenvalue weighted by Crippen LogP contribution is 2.21. The van der Waals surface area contributed by atoms with Gasteiger partial charge in [-0.2, -0.15) is 0 Å². The molecule has 0 saturated heterocycles. The zero-order chi connectivity index (χ0) is 19.7. The average molecular weight is 363 g/mol. The van der Waals surface area contributed by atoms with E-state index in [0.717, 1.165) is 11.8 Å². The molecule has 0 amide bonds. The number of hydrogen-bond donors (Lipinski definition) is 0. The molecule has 0 atom stereocenters. The van der Waals surface area contributed by atoms with Gasteiger partial charge in [-0.1, -0.05) is 0 Å². The molecule has 0 aliphatic carbocycles. The number of aryl methyl sites for hydroxylation is 3. The van der Waals surface area contributed by atoms with E-state index in [-0.39, 0.29) is 12.2 Å². The molecule has 0 aliphatic rings. The van der Waals surface area contributed by atoms with E-state index in [2.05, 4.69) is 9.97 Å². The van der Waals surface area contributed by atoms with Crippen LogP contribution < -0.4 is 15.9 Å². The monoisotopic (exact) mass is 363 g/mol. The van der Waals surface area contributed by atoms with E-state index in [4.69, 9.17) is 12.6 Å². The average Bonchev–Trinajstić information content (AvgIpc) is 2.61. The van der Waals surface area contributed by atoms with Gasteiger partial charge in [-0.15, -0.1) is 0 Å². The Morgan fingerprint density at radius 1 is 1.07 bits per heavy atom. The van der Waals surface area contributed by atoms with Crippen molar-refractivity contribution in [2.75, 3.05) is 0 Å². The van der Waals surface area contributed by atoms with E-state index in [9.17, 15) is 9.18 Å². The number of halogens is 1. The second-order valence-electron chi connectivity index (χ2n) is 6.52. The number of rotatable bonds is 4. The lowest BCUT2D eigenvalue weighted by atomic mass is 10.0. The number of pyridine rings is 3. The largest absolute Gasteiger partial charge is 0.487 e. The standard InChI is InChI=1S/C20H19BFN3O2/c1-11-5-15(22)9-23-16(11)10-27-18-6-13(3)25(20(26)14(18)4)17-7-19(21)24-8-12(17)2/h5-9H,10H2,1-4H3. The van der Waals surface area contributed by atoms with E-state index in [0.29, 0.717) is 39.5 Å². The van der Waals surface area contributed by atoms with E-state index >= 15 is 0 Å². The third-order valence-electron chi connectivity index (χ3n) is 4.44. The summed E-state index contributed by atoms with van der Waals surface area (Å²) in [5, 5.41) is 0. The van der Waals surface area contributed by atoms with E-state index < -0.39 is 5.82 Å². The van der Waals surface area contributed by atoms with Crippen molar-refractivity contribution in [1.82, 2.24) is 14.5 Å². The van der Waals surface area contributed by atoms with Crippen molar-refractivity contribution >= 4 is 13.4 Å². The molecule has 0 N–H and O–H groups in total. The minimum atomic E-state index is -0.391. The molecular weight excluding hydrogens is 344 g/mol. The highest BCUT2D eigenvalue weighted by Gasteiger charge is 2.14. The second kappa shape index (κ2) is 7.35. The van der Waals surface area contributed by atoms with Gasteiger partial charge in [-0.05, 0) is 56.5 Å². The molecule has 0 aliphatic heterocycles. The van der Waals surface area contributed by atoms with Gasteiger partial charge in [-0.3, -0.25) is 19.3 Å². The molecule has 0 aromatic carbocycles. The van der Waals surface area contributed by atoms with Crippen molar-refractivity contribution in [1.29, 1.82) is 0 Å². The second-order valence-corrected chi connectivity index (χ2v) is 6.52. The van der Waals surface area contributed by atoms with Crippen molar-refractivity contribution in [3.05, 3.63) is 74.8 Å². The number of hydrogen-bond acceptors (Lipinski definition) is 4. The molecule has 2 radical (unpaired) electrons. The summed E-state index contributed by atoms with van der Waals surface area (Å²) in [5.74, 6) is 0.0804. The molecule has 3 aromatic rings. The van der Waals surface area contributed by atoms with Gasteiger partial charge >= 0.3 is 0 Å². The van der Waals surface area contributed by atoms with Gasteiger partial charge in [0.05, 0.1) is 23.1 Å². The number of ether oxygens (including phenoxy) is 1. The van der Waals surface area contributed by atoms with Crippen LogP contribution in [-0.2, 0) is 6.61 Å². The van der Waals surface area contributed by atoms with Crippen molar-refractivity contribution in [2.24, 2.45) is 0 Å². The molecule has 7 heteroatoms. The van der Waals surface area contributed by atoms with Gasteiger partial charge in [0.1, 0.15) is 26.0 Å². The summed E-state index contributed by atoms with van der Waals surface area (Å²) in [5.41, 5.74) is 4.17. The van der Waals surface area contributed by atoms with Crippen molar-refractivity contribution in [3.63, 3.8) is 0 Å². The van der Waals surface area contributed by atoms with Crippen molar-refractivity contribution in [3.8, 4) is 11.4 Å². The first kappa shape index (κ1) is 18.8. The minimum absolute atomic E-state index is 0.150. The Balaban J connectivity index is 1.98. The minimum Gasteiger partial charge on any atom is -0.487 e. The van der Waals surface area contributed by atoms with Crippen LogP contribution in [0.1, 0.15) is 28.1 Å². The molecule has 136 valence electrons. The van der Waals surface area contributed by atoms with Gasteiger partial charge in [0.2, 0.25) is 0 Å². The van der Waals surface area contributed by atoms with E-state index in [1.807, 2.05) is 13.8 Å². The van der Waals surface area contributed by atoms with Crippen LogP contribution in [0.25, 0.3) is 5.69 Å². The van der Waals surface area contributed by atoms with Crippen molar-refractivity contribution in [2.45, 2.75) is 34.3 Å². The van der Waals surface area contributed by atoms with Crippen molar-refractivity contribution < 1.29 is 9.13 Å². The van der Waals surface area contributed by atoms with Crippen LogP contribution >= 0.6 is 0 Å². The van der Waals surface area contributed by atoms with Crippen LogP contribution in [0, 0.1) is 33.5 Å². The molecular formula is C20H19BFN3O2. The predicted molar refractivity (Wildman–Crippen MR) is 103 cm³/mol. The summed E-state index contributed by atoms with van der Waals surface area (Å²) in [6, 6.07) is 4.87. The topological polar surface area (TPSA) is 57.0 Å². The van der Waals surface area contributed by atoms with E-state index in [1.54, 1.807) is 36.7 Å². The van der Waals surface area contributed by atoms with Crippen LogP contribution in [0.4, 0.5) is 4.39 Å². The zero-order valence-electron chi connectivity index (χ0n) is 15.7. The Bertz CT molecular complexity index is 1080. The molecule has 0 fully saturated rings. The smallest absolute Gasteiger partial charge is 0.261 e. The maximum Gasteiger partial charge on any atom is 0.261 e. The lowest BCUT2D eigenvalue weighted by molar-refractivity contribution is 0.296. The molecule has 27 heavy (non-hydrogen) atoms. The predicted octanol–water partition coefficient (Wildman–Crippen LogP) is 2.37. The summed E-state index contributed by atoms with van der Waals surface area (Å²) >= 11 is 0. The van der Waals surface area contributed by atoms with Crippen LogP contribution in [0.2, 0.25) is 0 Å². The zero-order valence-corrected chi connectivity index (χ0v) is 15.7. The normalized spacial score (nSPS) is 10.9. The first-order valence-electron chi connectivity index (χ1n) is 8.47. The Morgan fingerprint density at radius 2 is 1.81 bits per heavy atom. The fraction of sp³-hybridized carbons (Fsp3) is 0.250. The summed E-state index contributed by atoms with van der Waals surface area (Å²) in [7, 11) is 5.78. The Labute approximate surface area is 158 Å². The van der Waals surface area contributed by atoms with Gasteiger partial charge in [0.15, 0.2) is 0 Å². The number of aromatic nitrogens is 3. The summed E-state index contributed by atoms with van der Waals surface area (Å²) in [4.78, 5) is 21.0. The Hall–Kier alpha value is -2.96. The third-order valence-corrected chi connectivity index (χ3v) is 4.44. The molecule has 0 bridgehead atoms. The quantitative estimate of drug-likeness (QED) is 0.668. The van der Waals surface area contributed by atoms with Crippen LogP contribution in [-0.4, -0.2) is 22.4 Å². The molecule has 5 nitrogen and oxygen atoms in total. The first-order chi connectivity index (χ1) is 12.8. The number of nitrogens with zero attached hydrogens (tertiary/aromatic N) is 3. The lowest BCUT2D eigenvalue weighted by Gasteiger charge is -2.17. The summed E-state index contributed by atoms with van der Waals surface area (Å²) in [6.07, 6.45) is 2.79. The Kier molecular flexibility index (Phi) is 5.12. The maximum atomic E-state index is 13.2. The summed E-state index contributed by atoms with van der Waals surface area (Å²) < 4.78 is 20.6. The molecule has 0 saturated carbocycles. The SMILES string of the molecule is [B]c1cc(-n2c(C)cc(OCc3ncc(F)cc3C)c(C)c2=O)c(C)cn1. The lowest BCUT2D eigenvalue weighted by Crippen LogP contribution is -2.25. The Morgan fingerprint density at radius 3 is 2.52 bits per heavy atom. The molecule has 3 rings (SSSR count). The van der Waals surface area contributed by atoms with Crippen LogP contribution in [0.3, 0.4) is 0 Å². The molecule has 3 aromatic heterocycles. The molecule has 0 spiro atoms. The van der Waals surface area contributed by atoms with Crippen LogP contribution in [0.5, 0.6) is 5.75 Å². The van der Waals surface area contributed by atoms with Gasteiger partial charge in [0.25, 0.3) is 5.56 Å². The van der Waals surface area contributed by atoms with Gasteiger partial charge < -0.3 is 4.74 Å². The fourth-order valence-electron chi connectivity index (χ4n) is 2.88. The first-order valence-corrected chi connectivity index (χ1v) is 8.47. The van der Waals surface area contributed by atoms with Crippen LogP contribution in [0.15, 0.2) is 35.4 Å². The maximum absolute atomic E-state index is 13.2. The molecule has 3 heterocycles.